The predicted octanol–water partition coefficient (Wildman–Crippen LogP) is -0.527. The molecule has 1 aliphatic rings. The van der Waals surface area contributed by atoms with Crippen molar-refractivity contribution in [2.45, 2.75) is 18.9 Å². The maximum absolute atomic E-state index is 10.7. The molecule has 62 valence electrons. The van der Waals surface area contributed by atoms with E-state index in [1.54, 1.807) is 0 Å². The van der Waals surface area contributed by atoms with Gasteiger partial charge in [-0.2, -0.15) is 0 Å². The van der Waals surface area contributed by atoms with Crippen molar-refractivity contribution in [2.24, 2.45) is 0 Å². The monoisotopic (exact) mass is 160 g/mol. The zero-order chi connectivity index (χ0) is 8.27. The van der Waals surface area contributed by atoms with Gasteiger partial charge in [0.25, 0.3) is 0 Å². The second-order valence-corrected chi connectivity index (χ2v) is 2.28. The van der Waals surface area contributed by atoms with Crippen LogP contribution in [0.2, 0.25) is 0 Å². The van der Waals surface area contributed by atoms with E-state index in [2.05, 4.69) is 10.2 Å². The fourth-order valence-corrected chi connectivity index (χ4v) is 1.02. The first-order valence-electron chi connectivity index (χ1n) is 3.30. The van der Waals surface area contributed by atoms with Crippen LogP contribution in [0.1, 0.15) is 12.8 Å². The summed E-state index contributed by atoms with van der Waals surface area (Å²) in [6, 6.07) is -0.486. The standard InChI is InChI=1S/C5H8N2O4/c8-5(11-7(9)10)4-2-1-3-6-4/h4,6H,1-3H2/t4-/m0/s1. The zero-order valence-corrected chi connectivity index (χ0v) is 5.78. The van der Waals surface area contributed by atoms with E-state index >= 15 is 0 Å². The molecule has 0 aromatic heterocycles. The van der Waals surface area contributed by atoms with Gasteiger partial charge in [0.15, 0.2) is 0 Å². The zero-order valence-electron chi connectivity index (χ0n) is 5.78. The summed E-state index contributed by atoms with van der Waals surface area (Å²) in [5.41, 5.74) is 0. The van der Waals surface area contributed by atoms with Gasteiger partial charge in [0.2, 0.25) is 0 Å². The molecule has 0 radical (unpaired) electrons. The van der Waals surface area contributed by atoms with Crippen LogP contribution in [0.4, 0.5) is 0 Å². The van der Waals surface area contributed by atoms with Gasteiger partial charge < -0.3 is 5.32 Å². The summed E-state index contributed by atoms with van der Waals surface area (Å²) in [5, 5.41) is 11.4. The Labute approximate surface area is 62.6 Å². The van der Waals surface area contributed by atoms with Gasteiger partial charge in [-0.1, -0.05) is 0 Å². The lowest BCUT2D eigenvalue weighted by atomic mass is 10.2. The molecular formula is C5H8N2O4. The number of hydrogen-bond acceptors (Lipinski definition) is 5. The van der Waals surface area contributed by atoms with Crippen LogP contribution in [-0.4, -0.2) is 23.6 Å². The summed E-state index contributed by atoms with van der Waals surface area (Å²) in [6.45, 7) is 0.720. The van der Waals surface area contributed by atoms with Gasteiger partial charge in [-0.05, 0) is 19.4 Å². The third kappa shape index (κ3) is 2.15. The number of carbonyl (C=O) groups is 1. The predicted molar refractivity (Wildman–Crippen MR) is 34.1 cm³/mol. The van der Waals surface area contributed by atoms with Gasteiger partial charge in [0.05, 0.1) is 6.04 Å². The van der Waals surface area contributed by atoms with Gasteiger partial charge in [-0.3, -0.25) is 4.79 Å². The van der Waals surface area contributed by atoms with Crippen LogP contribution in [0.25, 0.3) is 0 Å². The van der Waals surface area contributed by atoms with Gasteiger partial charge >= 0.3 is 11.1 Å². The van der Waals surface area contributed by atoms with Crippen molar-refractivity contribution in [2.75, 3.05) is 6.54 Å². The molecule has 0 aliphatic carbocycles. The van der Waals surface area contributed by atoms with Crippen molar-refractivity contribution < 1.29 is 14.7 Å². The maximum atomic E-state index is 10.7. The number of nitrogens with zero attached hydrogens (tertiary/aromatic N) is 1. The molecule has 1 N–H and O–H groups in total. The van der Waals surface area contributed by atoms with Crippen LogP contribution in [0.3, 0.4) is 0 Å². The molecule has 1 atom stereocenters. The number of nitrogens with one attached hydrogen (secondary N) is 1. The van der Waals surface area contributed by atoms with Crippen LogP contribution >= 0.6 is 0 Å². The molecule has 0 amide bonds. The lowest BCUT2D eigenvalue weighted by Gasteiger charge is -2.04. The Hall–Kier alpha value is -1.17. The molecule has 0 unspecified atom stereocenters. The largest absolute Gasteiger partial charge is 0.320 e. The molecule has 0 spiro atoms. The molecule has 1 rings (SSSR count). The highest BCUT2D eigenvalue weighted by Crippen LogP contribution is 2.05. The van der Waals surface area contributed by atoms with Crippen molar-refractivity contribution in [3.8, 4) is 0 Å². The molecule has 1 aliphatic heterocycles. The summed E-state index contributed by atoms with van der Waals surface area (Å²) in [7, 11) is 0. The minimum atomic E-state index is -1.08. The van der Waals surface area contributed by atoms with Crippen molar-refractivity contribution in [1.82, 2.24) is 5.32 Å². The Balaban J connectivity index is 2.34. The van der Waals surface area contributed by atoms with Crippen molar-refractivity contribution in [1.29, 1.82) is 0 Å². The van der Waals surface area contributed by atoms with Crippen molar-refractivity contribution in [3.63, 3.8) is 0 Å². The molecule has 1 saturated heterocycles. The molecular weight excluding hydrogens is 152 g/mol. The summed E-state index contributed by atoms with van der Waals surface area (Å²) >= 11 is 0. The fourth-order valence-electron chi connectivity index (χ4n) is 1.02. The van der Waals surface area contributed by atoms with Crippen LogP contribution in [0, 0.1) is 10.1 Å². The molecule has 0 aromatic rings. The summed E-state index contributed by atoms with van der Waals surface area (Å²) in [4.78, 5) is 24.2. The van der Waals surface area contributed by atoms with Gasteiger partial charge in [0.1, 0.15) is 0 Å². The molecule has 0 aromatic carbocycles. The molecule has 0 saturated carbocycles. The highest BCUT2D eigenvalue weighted by molar-refractivity contribution is 5.75. The second kappa shape index (κ2) is 3.29. The molecule has 0 bridgehead atoms. The molecule has 1 heterocycles. The Morgan fingerprint density at radius 3 is 2.91 bits per heavy atom. The van der Waals surface area contributed by atoms with E-state index in [0.29, 0.717) is 6.42 Å². The third-order valence-electron chi connectivity index (χ3n) is 1.51. The summed E-state index contributed by atoms with van der Waals surface area (Å²) in [5.74, 6) is -0.799. The lowest BCUT2D eigenvalue weighted by Crippen LogP contribution is -2.33. The lowest BCUT2D eigenvalue weighted by molar-refractivity contribution is -0.730. The minimum Gasteiger partial charge on any atom is -0.306 e. The van der Waals surface area contributed by atoms with Crippen LogP contribution in [-0.2, 0) is 9.63 Å². The van der Waals surface area contributed by atoms with Crippen LogP contribution < -0.4 is 5.32 Å². The van der Waals surface area contributed by atoms with Crippen molar-refractivity contribution in [3.05, 3.63) is 10.1 Å². The number of rotatable bonds is 2. The number of hydrogen-bond donors (Lipinski definition) is 1. The quantitative estimate of drug-likeness (QED) is 0.434. The fraction of sp³-hybridized carbons (Fsp3) is 0.800. The van der Waals surface area contributed by atoms with E-state index in [1.807, 2.05) is 0 Å². The highest BCUT2D eigenvalue weighted by Gasteiger charge is 2.24. The molecule has 6 heteroatoms. The molecule has 11 heavy (non-hydrogen) atoms. The van der Waals surface area contributed by atoms with E-state index in [1.165, 1.54) is 0 Å². The summed E-state index contributed by atoms with van der Waals surface area (Å²) in [6.07, 6.45) is 1.48. The third-order valence-corrected chi connectivity index (χ3v) is 1.51. The normalized spacial score (nSPS) is 23.1. The Bertz CT molecular complexity index is 175. The average molecular weight is 160 g/mol. The SMILES string of the molecule is O=C(O[N+](=O)[O-])[C@@H]1CCCN1. The maximum Gasteiger partial charge on any atom is 0.320 e. The minimum absolute atomic E-state index is 0.486. The van der Waals surface area contributed by atoms with Crippen molar-refractivity contribution >= 4 is 5.97 Å². The van der Waals surface area contributed by atoms with E-state index in [4.69, 9.17) is 0 Å². The molecule has 6 nitrogen and oxygen atoms in total. The van der Waals surface area contributed by atoms with Gasteiger partial charge in [-0.25, -0.2) is 4.84 Å². The van der Waals surface area contributed by atoms with E-state index in [-0.39, 0.29) is 0 Å². The van der Waals surface area contributed by atoms with E-state index in [0.717, 1.165) is 13.0 Å². The topological polar surface area (TPSA) is 81.5 Å². The average Bonchev–Trinajstić information content (AvgIpc) is 2.35. The van der Waals surface area contributed by atoms with Crippen LogP contribution in [0.15, 0.2) is 0 Å². The van der Waals surface area contributed by atoms with Gasteiger partial charge in [-0.15, -0.1) is 10.1 Å². The van der Waals surface area contributed by atoms with Crippen LogP contribution in [0.5, 0.6) is 0 Å². The first kappa shape index (κ1) is 7.93. The van der Waals surface area contributed by atoms with E-state index in [9.17, 15) is 14.9 Å². The highest BCUT2D eigenvalue weighted by atomic mass is 17.0. The Morgan fingerprint density at radius 1 is 1.73 bits per heavy atom. The number of carbonyl (C=O) groups excluding carboxylic acids is 1. The second-order valence-electron chi connectivity index (χ2n) is 2.28. The Morgan fingerprint density at radius 2 is 2.45 bits per heavy atom. The molecule has 1 fully saturated rings. The first-order chi connectivity index (χ1) is 5.20. The first-order valence-corrected chi connectivity index (χ1v) is 3.30. The summed E-state index contributed by atoms with van der Waals surface area (Å²) < 4.78 is 0. The van der Waals surface area contributed by atoms with Gasteiger partial charge in [0, 0.05) is 0 Å². The van der Waals surface area contributed by atoms with E-state index < -0.39 is 17.1 Å². The smallest absolute Gasteiger partial charge is 0.306 e. The Kier molecular flexibility index (Phi) is 2.37.